The lowest BCUT2D eigenvalue weighted by Crippen LogP contribution is -2.32. The van der Waals surface area contributed by atoms with E-state index in [1.165, 1.54) is 11.1 Å². The van der Waals surface area contributed by atoms with Gasteiger partial charge in [0.15, 0.2) is 0 Å². The van der Waals surface area contributed by atoms with E-state index in [1.807, 2.05) is 17.1 Å². The van der Waals surface area contributed by atoms with Crippen molar-refractivity contribution in [2.45, 2.75) is 32.4 Å². The van der Waals surface area contributed by atoms with Gasteiger partial charge in [-0.05, 0) is 41.5 Å². The first-order valence-electron chi connectivity index (χ1n) is 6.13. The van der Waals surface area contributed by atoms with Gasteiger partial charge in [-0.15, -0.1) is 0 Å². The summed E-state index contributed by atoms with van der Waals surface area (Å²) in [7, 11) is 0. The van der Waals surface area contributed by atoms with Crippen molar-refractivity contribution in [3.8, 4) is 0 Å². The van der Waals surface area contributed by atoms with Crippen molar-refractivity contribution in [2.24, 2.45) is 5.73 Å². The minimum atomic E-state index is 0.0726. The molecule has 2 unspecified atom stereocenters. The van der Waals surface area contributed by atoms with Crippen LogP contribution >= 0.6 is 22.6 Å². The largest absolute Gasteiger partial charge is 0.326 e. The third kappa shape index (κ3) is 2.92. The van der Waals surface area contributed by atoms with Crippen LogP contribution in [0.15, 0.2) is 36.7 Å². The predicted octanol–water partition coefficient (Wildman–Crippen LogP) is 3.12. The summed E-state index contributed by atoms with van der Waals surface area (Å²) in [5.74, 6) is 0. The van der Waals surface area contributed by atoms with Gasteiger partial charge in [-0.2, -0.15) is 5.10 Å². The fourth-order valence-corrected chi connectivity index (χ4v) is 2.46. The van der Waals surface area contributed by atoms with Crippen molar-refractivity contribution in [1.82, 2.24) is 9.78 Å². The SMILES string of the molecule is CCC(N)C(c1ccc(C)cc1)n1cc(I)cn1. The van der Waals surface area contributed by atoms with Gasteiger partial charge < -0.3 is 5.73 Å². The number of hydrogen-bond acceptors (Lipinski definition) is 2. The standard InChI is InChI=1S/C14H18IN3/c1-3-13(16)14(18-9-12(15)8-17-18)11-6-4-10(2)5-7-11/h4-9,13-14H,3,16H2,1-2H3. The van der Waals surface area contributed by atoms with E-state index in [1.54, 1.807) is 0 Å². The van der Waals surface area contributed by atoms with Crippen LogP contribution in [0.5, 0.6) is 0 Å². The summed E-state index contributed by atoms with van der Waals surface area (Å²) >= 11 is 2.27. The molecule has 96 valence electrons. The molecule has 2 atom stereocenters. The zero-order valence-corrected chi connectivity index (χ0v) is 12.8. The highest BCUT2D eigenvalue weighted by atomic mass is 127. The predicted molar refractivity (Wildman–Crippen MR) is 82.5 cm³/mol. The van der Waals surface area contributed by atoms with Gasteiger partial charge in [0.1, 0.15) is 0 Å². The quantitative estimate of drug-likeness (QED) is 0.857. The highest BCUT2D eigenvalue weighted by Gasteiger charge is 2.21. The Morgan fingerprint density at radius 3 is 2.50 bits per heavy atom. The average Bonchev–Trinajstić information content (AvgIpc) is 2.78. The molecule has 0 radical (unpaired) electrons. The number of aryl methyl sites for hydroxylation is 1. The number of nitrogens with two attached hydrogens (primary N) is 1. The number of benzene rings is 1. The molecule has 0 fully saturated rings. The summed E-state index contributed by atoms with van der Waals surface area (Å²) in [5, 5.41) is 4.41. The fraction of sp³-hybridized carbons (Fsp3) is 0.357. The van der Waals surface area contributed by atoms with Crippen molar-refractivity contribution in [1.29, 1.82) is 0 Å². The summed E-state index contributed by atoms with van der Waals surface area (Å²) in [6.45, 7) is 4.20. The zero-order chi connectivity index (χ0) is 13.1. The van der Waals surface area contributed by atoms with E-state index in [-0.39, 0.29) is 12.1 Å². The maximum atomic E-state index is 6.27. The maximum Gasteiger partial charge on any atom is 0.0919 e. The molecule has 0 aliphatic rings. The van der Waals surface area contributed by atoms with Gasteiger partial charge in [-0.3, -0.25) is 4.68 Å². The van der Waals surface area contributed by atoms with Crippen LogP contribution in [0.1, 0.15) is 30.5 Å². The van der Waals surface area contributed by atoms with Crippen LogP contribution < -0.4 is 5.73 Å². The van der Waals surface area contributed by atoms with Crippen molar-refractivity contribution in [2.75, 3.05) is 0 Å². The van der Waals surface area contributed by atoms with Gasteiger partial charge in [0.2, 0.25) is 0 Å². The van der Waals surface area contributed by atoms with Crippen LogP contribution in [0.3, 0.4) is 0 Å². The zero-order valence-electron chi connectivity index (χ0n) is 10.7. The molecule has 0 aliphatic carbocycles. The summed E-state index contributed by atoms with van der Waals surface area (Å²) in [4.78, 5) is 0. The summed E-state index contributed by atoms with van der Waals surface area (Å²) in [6, 6.07) is 8.72. The molecule has 2 rings (SSSR count). The van der Waals surface area contributed by atoms with Gasteiger partial charge in [0.25, 0.3) is 0 Å². The summed E-state index contributed by atoms with van der Waals surface area (Å²) in [6.07, 6.45) is 4.83. The Morgan fingerprint density at radius 2 is 2.00 bits per heavy atom. The first-order chi connectivity index (χ1) is 8.61. The topological polar surface area (TPSA) is 43.8 Å². The number of nitrogens with zero attached hydrogens (tertiary/aromatic N) is 2. The molecule has 1 aromatic heterocycles. The van der Waals surface area contributed by atoms with E-state index < -0.39 is 0 Å². The Labute approximate surface area is 122 Å². The number of halogens is 1. The van der Waals surface area contributed by atoms with Crippen LogP contribution in [0.2, 0.25) is 0 Å². The second kappa shape index (κ2) is 5.84. The number of hydrogen-bond donors (Lipinski definition) is 1. The number of aromatic nitrogens is 2. The normalized spacial score (nSPS) is 14.4. The van der Waals surface area contributed by atoms with Gasteiger partial charge in [-0.25, -0.2) is 0 Å². The maximum absolute atomic E-state index is 6.27. The van der Waals surface area contributed by atoms with Crippen molar-refractivity contribution >= 4 is 22.6 Å². The second-order valence-electron chi connectivity index (χ2n) is 4.57. The smallest absolute Gasteiger partial charge is 0.0919 e. The van der Waals surface area contributed by atoms with Gasteiger partial charge in [0.05, 0.1) is 15.8 Å². The molecule has 0 aliphatic heterocycles. The van der Waals surface area contributed by atoms with E-state index in [9.17, 15) is 0 Å². The molecule has 0 spiro atoms. The van der Waals surface area contributed by atoms with Crippen LogP contribution in [-0.4, -0.2) is 15.8 Å². The molecule has 3 nitrogen and oxygen atoms in total. The summed E-state index contributed by atoms with van der Waals surface area (Å²) in [5.41, 5.74) is 8.74. The Hall–Kier alpha value is -0.880. The first-order valence-corrected chi connectivity index (χ1v) is 7.21. The molecular formula is C14H18IN3. The van der Waals surface area contributed by atoms with Gasteiger partial charge in [0, 0.05) is 12.2 Å². The van der Waals surface area contributed by atoms with Crippen LogP contribution in [0, 0.1) is 10.5 Å². The van der Waals surface area contributed by atoms with Crippen molar-refractivity contribution in [3.05, 3.63) is 51.4 Å². The van der Waals surface area contributed by atoms with Gasteiger partial charge in [-0.1, -0.05) is 36.8 Å². The van der Waals surface area contributed by atoms with Crippen molar-refractivity contribution < 1.29 is 0 Å². The Balaban J connectivity index is 2.39. The monoisotopic (exact) mass is 355 g/mol. The lowest BCUT2D eigenvalue weighted by atomic mass is 9.97. The third-order valence-electron chi connectivity index (χ3n) is 3.15. The molecule has 0 bridgehead atoms. The molecule has 2 N–H and O–H groups in total. The molecule has 0 saturated heterocycles. The first kappa shape index (κ1) is 13.5. The lowest BCUT2D eigenvalue weighted by Gasteiger charge is -2.24. The molecule has 0 saturated carbocycles. The highest BCUT2D eigenvalue weighted by Crippen LogP contribution is 2.23. The molecule has 2 aromatic rings. The molecular weight excluding hydrogens is 337 g/mol. The van der Waals surface area contributed by atoms with E-state index in [0.717, 1.165) is 9.99 Å². The highest BCUT2D eigenvalue weighted by molar-refractivity contribution is 14.1. The molecule has 0 amide bonds. The minimum absolute atomic E-state index is 0.0726. The molecule has 1 aromatic carbocycles. The lowest BCUT2D eigenvalue weighted by molar-refractivity contribution is 0.424. The Kier molecular flexibility index (Phi) is 4.40. The van der Waals surface area contributed by atoms with Crippen molar-refractivity contribution in [3.63, 3.8) is 0 Å². The summed E-state index contributed by atoms with van der Waals surface area (Å²) < 4.78 is 3.11. The van der Waals surface area contributed by atoms with E-state index in [4.69, 9.17) is 5.73 Å². The fourth-order valence-electron chi connectivity index (χ4n) is 2.05. The van der Waals surface area contributed by atoms with E-state index in [2.05, 4.69) is 65.8 Å². The van der Waals surface area contributed by atoms with Crippen LogP contribution in [-0.2, 0) is 0 Å². The van der Waals surface area contributed by atoms with E-state index in [0.29, 0.717) is 0 Å². The van der Waals surface area contributed by atoms with Gasteiger partial charge >= 0.3 is 0 Å². The molecule has 4 heteroatoms. The van der Waals surface area contributed by atoms with Crippen LogP contribution in [0.4, 0.5) is 0 Å². The second-order valence-corrected chi connectivity index (χ2v) is 5.81. The Bertz CT molecular complexity index is 504. The average molecular weight is 355 g/mol. The van der Waals surface area contributed by atoms with Crippen LogP contribution in [0.25, 0.3) is 0 Å². The van der Waals surface area contributed by atoms with E-state index >= 15 is 0 Å². The molecule has 1 heterocycles. The Morgan fingerprint density at radius 1 is 1.33 bits per heavy atom. The third-order valence-corrected chi connectivity index (χ3v) is 3.71. The molecule has 18 heavy (non-hydrogen) atoms. The number of rotatable bonds is 4. The minimum Gasteiger partial charge on any atom is -0.326 e.